The molecule has 0 spiro atoms. The molecule has 2 saturated heterocycles. The molecule has 2 fully saturated rings. The van der Waals surface area contributed by atoms with Gasteiger partial charge in [-0.1, -0.05) is 107 Å². The normalized spacial score (nSPS) is 17.8. The number of alkyl carbamates (subject to hydrolysis) is 1. The molecule has 3 aromatic carbocycles. The molecule has 5 aromatic rings. The van der Waals surface area contributed by atoms with Gasteiger partial charge in [0, 0.05) is 25.6 Å². The number of ether oxygens (including phenoxy) is 1. The van der Waals surface area contributed by atoms with Gasteiger partial charge in [-0.05, 0) is 72.5 Å². The lowest BCUT2D eigenvalue weighted by Gasteiger charge is -2.34. The van der Waals surface area contributed by atoms with Gasteiger partial charge in [0.25, 0.3) is 0 Å². The van der Waals surface area contributed by atoms with E-state index in [9.17, 15) is 14.4 Å². The quantitative estimate of drug-likeness (QED) is 0.103. The maximum Gasteiger partial charge on any atom is 0.407 e. The molecule has 304 valence electrons. The van der Waals surface area contributed by atoms with E-state index in [1.54, 1.807) is 0 Å². The molecule has 2 aliphatic rings. The lowest BCUT2D eigenvalue weighted by Crippen LogP contribution is -2.43. The van der Waals surface area contributed by atoms with E-state index in [4.69, 9.17) is 14.7 Å². The SMILES string of the molecule is CCN(CC)[C@@H](C(=O)N1CCC[C@H]1c1ncc(-c2ccc(-c3ccc(-c4cnc([C@@H]5CCCN5C(=O)C[C@@H](NC(=O)OC)C(C)C)[nH]4)cc3)cc2)[nH]1)c1ccccc1. The van der Waals surface area contributed by atoms with Gasteiger partial charge >= 0.3 is 6.09 Å². The van der Waals surface area contributed by atoms with E-state index < -0.39 is 6.09 Å². The second-order valence-corrected chi connectivity index (χ2v) is 15.7. The number of nitrogens with one attached hydrogen (secondary N) is 3. The highest BCUT2D eigenvalue weighted by Crippen LogP contribution is 2.37. The zero-order chi connectivity index (χ0) is 40.8. The number of aromatic nitrogens is 4. The highest BCUT2D eigenvalue weighted by atomic mass is 16.5. The molecule has 58 heavy (non-hydrogen) atoms. The summed E-state index contributed by atoms with van der Waals surface area (Å²) in [6, 6.07) is 26.1. The number of likely N-dealkylation sites (N-methyl/N-ethyl adjacent to an activating group) is 1. The molecular weight excluding hydrogens is 729 g/mol. The van der Waals surface area contributed by atoms with Gasteiger partial charge in [0.1, 0.15) is 17.7 Å². The minimum absolute atomic E-state index is 0.00512. The number of carbonyl (C=O) groups is 3. The third kappa shape index (κ3) is 8.72. The Kier molecular flexibility index (Phi) is 12.7. The Hall–Kier alpha value is -5.75. The first kappa shape index (κ1) is 40.4. The second kappa shape index (κ2) is 18.2. The Balaban J connectivity index is 0.997. The van der Waals surface area contributed by atoms with Crippen LogP contribution in [-0.4, -0.2) is 91.9 Å². The molecule has 3 N–H and O–H groups in total. The van der Waals surface area contributed by atoms with Crippen molar-refractivity contribution in [2.24, 2.45) is 5.92 Å². The predicted molar refractivity (Wildman–Crippen MR) is 225 cm³/mol. The molecule has 4 heterocycles. The fraction of sp³-hybridized carbons (Fsp3) is 0.413. The summed E-state index contributed by atoms with van der Waals surface area (Å²) in [5, 5.41) is 2.81. The highest BCUT2D eigenvalue weighted by Gasteiger charge is 2.38. The Morgan fingerprint density at radius 2 is 1.26 bits per heavy atom. The smallest absolute Gasteiger partial charge is 0.407 e. The van der Waals surface area contributed by atoms with Crippen LogP contribution in [0.25, 0.3) is 33.6 Å². The van der Waals surface area contributed by atoms with E-state index in [2.05, 4.69) is 94.7 Å². The zero-order valence-electron chi connectivity index (χ0n) is 34.3. The van der Waals surface area contributed by atoms with E-state index in [1.807, 2.05) is 54.2 Å². The molecule has 7 rings (SSSR count). The summed E-state index contributed by atoms with van der Waals surface area (Å²) in [5.41, 5.74) is 7.07. The molecular formula is C46H56N8O4. The van der Waals surface area contributed by atoms with Crippen molar-refractivity contribution >= 4 is 17.9 Å². The van der Waals surface area contributed by atoms with Crippen LogP contribution in [0.5, 0.6) is 0 Å². The number of hydrogen-bond donors (Lipinski definition) is 3. The summed E-state index contributed by atoms with van der Waals surface area (Å²) in [6.07, 6.45) is 6.93. The Morgan fingerprint density at radius 3 is 1.76 bits per heavy atom. The number of hydrogen-bond acceptors (Lipinski definition) is 7. The van der Waals surface area contributed by atoms with Crippen molar-refractivity contribution in [3.63, 3.8) is 0 Å². The molecule has 3 amide bonds. The maximum absolute atomic E-state index is 14.2. The number of likely N-dealkylation sites (tertiary alicyclic amines) is 2. The molecule has 0 aliphatic carbocycles. The van der Waals surface area contributed by atoms with E-state index in [-0.39, 0.29) is 48.3 Å². The number of H-pyrrole nitrogens is 2. The van der Waals surface area contributed by atoms with E-state index in [1.165, 1.54) is 7.11 Å². The Labute approximate surface area is 341 Å². The van der Waals surface area contributed by atoms with Crippen LogP contribution in [-0.2, 0) is 14.3 Å². The Bertz CT molecular complexity index is 2140. The number of benzene rings is 3. The average molecular weight is 785 g/mol. The molecule has 0 saturated carbocycles. The average Bonchev–Trinajstić information content (AvgIpc) is 4.10. The van der Waals surface area contributed by atoms with Crippen molar-refractivity contribution < 1.29 is 19.1 Å². The summed E-state index contributed by atoms with van der Waals surface area (Å²) >= 11 is 0. The molecule has 2 aromatic heterocycles. The summed E-state index contributed by atoms with van der Waals surface area (Å²) in [5.74, 6) is 1.80. The molecule has 12 nitrogen and oxygen atoms in total. The van der Waals surface area contributed by atoms with Crippen LogP contribution in [0.2, 0.25) is 0 Å². The minimum atomic E-state index is -0.530. The van der Waals surface area contributed by atoms with Gasteiger partial charge < -0.3 is 29.8 Å². The van der Waals surface area contributed by atoms with Crippen LogP contribution in [0.15, 0.2) is 91.3 Å². The van der Waals surface area contributed by atoms with Crippen LogP contribution < -0.4 is 5.32 Å². The van der Waals surface area contributed by atoms with Gasteiger partial charge in [-0.3, -0.25) is 14.5 Å². The fourth-order valence-corrected chi connectivity index (χ4v) is 8.51. The number of imidazole rings is 2. The molecule has 4 atom stereocenters. The largest absolute Gasteiger partial charge is 0.453 e. The van der Waals surface area contributed by atoms with Crippen molar-refractivity contribution in [2.45, 2.75) is 84.0 Å². The van der Waals surface area contributed by atoms with Crippen molar-refractivity contribution in [1.82, 2.24) is 40.0 Å². The fourth-order valence-electron chi connectivity index (χ4n) is 8.51. The minimum Gasteiger partial charge on any atom is -0.453 e. The van der Waals surface area contributed by atoms with Gasteiger partial charge in [-0.25, -0.2) is 14.8 Å². The van der Waals surface area contributed by atoms with Crippen LogP contribution in [0.4, 0.5) is 4.79 Å². The zero-order valence-corrected chi connectivity index (χ0v) is 34.3. The number of nitrogens with zero attached hydrogens (tertiary/aromatic N) is 5. The maximum atomic E-state index is 14.2. The molecule has 0 unspecified atom stereocenters. The Morgan fingerprint density at radius 1 is 0.759 bits per heavy atom. The summed E-state index contributed by atoms with van der Waals surface area (Å²) in [4.78, 5) is 62.2. The number of aromatic amines is 2. The molecule has 2 aliphatic heterocycles. The predicted octanol–water partition coefficient (Wildman–Crippen LogP) is 8.31. The number of rotatable bonds is 14. The number of amides is 3. The summed E-state index contributed by atoms with van der Waals surface area (Å²) in [7, 11) is 1.33. The number of carbonyl (C=O) groups excluding carboxylic acids is 3. The van der Waals surface area contributed by atoms with Gasteiger partial charge in [0.15, 0.2) is 0 Å². The van der Waals surface area contributed by atoms with Crippen LogP contribution >= 0.6 is 0 Å². The van der Waals surface area contributed by atoms with Gasteiger partial charge in [-0.2, -0.15) is 0 Å². The molecule has 12 heteroatoms. The highest BCUT2D eigenvalue weighted by molar-refractivity contribution is 5.84. The van der Waals surface area contributed by atoms with Gasteiger partial charge in [-0.15, -0.1) is 0 Å². The monoisotopic (exact) mass is 784 g/mol. The third-order valence-corrected chi connectivity index (χ3v) is 11.9. The first-order chi connectivity index (χ1) is 28.2. The second-order valence-electron chi connectivity index (χ2n) is 15.7. The van der Waals surface area contributed by atoms with E-state index >= 15 is 0 Å². The van der Waals surface area contributed by atoms with E-state index in [0.717, 1.165) is 96.2 Å². The number of methoxy groups -OCH3 is 1. The third-order valence-electron chi connectivity index (χ3n) is 11.9. The van der Waals surface area contributed by atoms with Crippen molar-refractivity contribution in [2.75, 3.05) is 33.3 Å². The van der Waals surface area contributed by atoms with Crippen LogP contribution in [0, 0.1) is 5.92 Å². The first-order valence-electron chi connectivity index (χ1n) is 20.7. The lowest BCUT2D eigenvalue weighted by molar-refractivity contribution is -0.138. The van der Waals surface area contributed by atoms with Crippen LogP contribution in [0.1, 0.15) is 95.1 Å². The van der Waals surface area contributed by atoms with Crippen LogP contribution in [0.3, 0.4) is 0 Å². The van der Waals surface area contributed by atoms with Gasteiger partial charge in [0.2, 0.25) is 11.8 Å². The van der Waals surface area contributed by atoms with Crippen molar-refractivity contribution in [3.05, 3.63) is 108 Å². The first-order valence-corrected chi connectivity index (χ1v) is 20.7. The lowest BCUT2D eigenvalue weighted by atomic mass is 10.00. The van der Waals surface area contributed by atoms with Crippen molar-refractivity contribution in [1.29, 1.82) is 0 Å². The molecule has 0 bridgehead atoms. The summed E-state index contributed by atoms with van der Waals surface area (Å²) < 4.78 is 4.77. The standard InChI is InChI=1S/C46H56N8O4/c1-6-52(7-2)42(35-13-9-8-10-14-35)45(56)54-26-12-16-40(54)44-48-29-38(50-44)34-23-19-32(20-24-34)31-17-21-33(22-18-31)37-28-47-43(49-37)39-15-11-25-53(39)41(55)27-36(30(3)4)51-46(57)58-5/h8-10,13-14,17-24,28-30,36,39-40,42H,6-7,11-12,15-16,25-27H2,1-5H3,(H,47,49)(H,48,50)(H,51,57)/t36-,39+,40+,42-/m1/s1. The van der Waals surface area contributed by atoms with Crippen molar-refractivity contribution in [3.8, 4) is 33.6 Å². The van der Waals surface area contributed by atoms with Gasteiger partial charge in [0.05, 0.1) is 43.0 Å². The summed E-state index contributed by atoms with van der Waals surface area (Å²) in [6.45, 7) is 11.1. The molecule has 0 radical (unpaired) electrons. The topological polar surface area (TPSA) is 140 Å². The van der Waals surface area contributed by atoms with E-state index in [0.29, 0.717) is 6.54 Å².